The van der Waals surface area contributed by atoms with E-state index in [1.807, 2.05) is 32.0 Å². The van der Waals surface area contributed by atoms with Gasteiger partial charge in [-0.2, -0.15) is 0 Å². The van der Waals surface area contributed by atoms with Crippen molar-refractivity contribution in [3.05, 3.63) is 42.0 Å². The third-order valence-electron chi connectivity index (χ3n) is 3.34. The van der Waals surface area contributed by atoms with Crippen LogP contribution in [0.1, 0.15) is 17.5 Å². The molecule has 116 valence electrons. The van der Waals surface area contributed by atoms with Gasteiger partial charge in [-0.1, -0.05) is 35.5 Å². The highest BCUT2D eigenvalue weighted by atomic mass is 32.2. The van der Waals surface area contributed by atoms with Crippen LogP contribution in [0.25, 0.3) is 0 Å². The fraction of sp³-hybridized carbons (Fsp3) is 0.312. The zero-order chi connectivity index (χ0) is 16.3. The predicted molar refractivity (Wildman–Crippen MR) is 87.8 cm³/mol. The number of hydrogen-bond acceptors (Lipinski definition) is 4. The standard InChI is InChI=1S/C16H18N2O3S/c1-4-7-18-15(20)13(22-16(18)21)9-14(19)17-12-6-5-10(2)8-11(12)3/h4-6,8,13H,1,7,9H2,2-3H3,(H,17,19)/t13-/m1/s1. The van der Waals surface area contributed by atoms with Gasteiger partial charge in [0.05, 0.1) is 0 Å². The van der Waals surface area contributed by atoms with Crippen LogP contribution >= 0.6 is 11.8 Å². The van der Waals surface area contributed by atoms with Crippen LogP contribution in [0, 0.1) is 13.8 Å². The first-order valence-corrected chi connectivity index (χ1v) is 7.80. The van der Waals surface area contributed by atoms with Gasteiger partial charge in [0.25, 0.3) is 5.24 Å². The summed E-state index contributed by atoms with van der Waals surface area (Å²) >= 11 is 0.896. The number of carbonyl (C=O) groups excluding carboxylic acids is 3. The monoisotopic (exact) mass is 318 g/mol. The van der Waals surface area contributed by atoms with E-state index in [1.165, 1.54) is 6.08 Å². The molecule has 5 nitrogen and oxygen atoms in total. The molecule has 0 bridgehead atoms. The first-order chi connectivity index (χ1) is 10.4. The highest BCUT2D eigenvalue weighted by Gasteiger charge is 2.39. The van der Waals surface area contributed by atoms with Crippen LogP contribution in [0.4, 0.5) is 10.5 Å². The third kappa shape index (κ3) is 3.57. The molecule has 0 saturated carbocycles. The molecule has 1 heterocycles. The van der Waals surface area contributed by atoms with E-state index in [4.69, 9.17) is 0 Å². The smallest absolute Gasteiger partial charge is 0.289 e. The molecule has 1 aliphatic rings. The highest BCUT2D eigenvalue weighted by molar-refractivity contribution is 8.15. The molecule has 1 saturated heterocycles. The van der Waals surface area contributed by atoms with Crippen LogP contribution in [0.15, 0.2) is 30.9 Å². The van der Waals surface area contributed by atoms with E-state index in [9.17, 15) is 14.4 Å². The lowest BCUT2D eigenvalue weighted by molar-refractivity contribution is -0.128. The second-order valence-corrected chi connectivity index (χ2v) is 6.33. The van der Waals surface area contributed by atoms with E-state index < -0.39 is 5.25 Å². The molecule has 1 aromatic rings. The number of carbonyl (C=O) groups is 3. The first-order valence-electron chi connectivity index (χ1n) is 6.92. The van der Waals surface area contributed by atoms with Crippen LogP contribution in [-0.2, 0) is 9.59 Å². The number of nitrogens with one attached hydrogen (secondary N) is 1. The van der Waals surface area contributed by atoms with E-state index in [0.29, 0.717) is 0 Å². The van der Waals surface area contributed by atoms with Crippen LogP contribution in [0.5, 0.6) is 0 Å². The Bertz CT molecular complexity index is 642. The minimum absolute atomic E-state index is 0.0177. The number of nitrogens with zero attached hydrogens (tertiary/aromatic N) is 1. The van der Waals surface area contributed by atoms with E-state index in [1.54, 1.807) is 0 Å². The summed E-state index contributed by atoms with van der Waals surface area (Å²) in [6.07, 6.45) is 1.48. The summed E-state index contributed by atoms with van der Waals surface area (Å²) in [6, 6.07) is 5.72. The molecule has 1 aromatic carbocycles. The second-order valence-electron chi connectivity index (χ2n) is 5.18. The number of imide groups is 1. The lowest BCUT2D eigenvalue weighted by atomic mass is 10.1. The lowest BCUT2D eigenvalue weighted by Crippen LogP contribution is -2.33. The van der Waals surface area contributed by atoms with Crippen molar-refractivity contribution < 1.29 is 14.4 Å². The van der Waals surface area contributed by atoms with Crippen LogP contribution < -0.4 is 5.32 Å². The molecule has 1 atom stereocenters. The Morgan fingerprint density at radius 2 is 2.14 bits per heavy atom. The summed E-state index contributed by atoms with van der Waals surface area (Å²) in [5.41, 5.74) is 2.80. The Morgan fingerprint density at radius 1 is 1.41 bits per heavy atom. The van der Waals surface area contributed by atoms with Crippen molar-refractivity contribution in [1.29, 1.82) is 0 Å². The number of rotatable bonds is 5. The van der Waals surface area contributed by atoms with Gasteiger partial charge in [0, 0.05) is 18.7 Å². The molecule has 6 heteroatoms. The van der Waals surface area contributed by atoms with Gasteiger partial charge in [0.1, 0.15) is 5.25 Å². The van der Waals surface area contributed by atoms with Crippen molar-refractivity contribution >= 4 is 34.5 Å². The zero-order valence-electron chi connectivity index (χ0n) is 12.6. The normalized spacial score (nSPS) is 17.7. The Hall–Kier alpha value is -2.08. The number of anilines is 1. The maximum absolute atomic E-state index is 12.1. The van der Waals surface area contributed by atoms with Crippen LogP contribution in [0.3, 0.4) is 0 Å². The molecular weight excluding hydrogens is 300 g/mol. The summed E-state index contributed by atoms with van der Waals surface area (Å²) in [5.74, 6) is -0.600. The summed E-state index contributed by atoms with van der Waals surface area (Å²) in [7, 11) is 0. The fourth-order valence-corrected chi connectivity index (χ4v) is 3.24. The largest absolute Gasteiger partial charge is 0.326 e. The average molecular weight is 318 g/mol. The third-order valence-corrected chi connectivity index (χ3v) is 4.42. The van der Waals surface area contributed by atoms with Gasteiger partial charge in [-0.05, 0) is 25.5 Å². The summed E-state index contributed by atoms with van der Waals surface area (Å²) < 4.78 is 0. The SMILES string of the molecule is C=CCN1C(=O)S[C@H](CC(=O)Nc2ccc(C)cc2C)C1=O. The van der Waals surface area contributed by atoms with E-state index in [0.717, 1.165) is 33.5 Å². The van der Waals surface area contributed by atoms with Gasteiger partial charge >= 0.3 is 0 Å². The molecule has 1 N–H and O–H groups in total. The Morgan fingerprint density at radius 3 is 2.77 bits per heavy atom. The summed E-state index contributed by atoms with van der Waals surface area (Å²) in [6.45, 7) is 7.59. The highest BCUT2D eigenvalue weighted by Crippen LogP contribution is 2.29. The minimum atomic E-state index is -0.654. The molecule has 0 aliphatic carbocycles. The summed E-state index contributed by atoms with van der Waals surface area (Å²) in [4.78, 5) is 37.0. The maximum Gasteiger partial charge on any atom is 0.289 e. The van der Waals surface area contributed by atoms with Crippen LogP contribution in [0.2, 0.25) is 0 Å². The molecule has 3 amide bonds. The minimum Gasteiger partial charge on any atom is -0.326 e. The van der Waals surface area contributed by atoms with Crippen molar-refractivity contribution in [2.24, 2.45) is 0 Å². The lowest BCUT2D eigenvalue weighted by Gasteiger charge is -2.12. The predicted octanol–water partition coefficient (Wildman–Crippen LogP) is 2.88. The number of benzene rings is 1. The molecular formula is C16H18N2O3S. The van der Waals surface area contributed by atoms with Crippen molar-refractivity contribution in [1.82, 2.24) is 4.90 Å². The van der Waals surface area contributed by atoms with Crippen molar-refractivity contribution in [2.75, 3.05) is 11.9 Å². The fourth-order valence-electron chi connectivity index (χ4n) is 2.25. The number of thioether (sulfide) groups is 1. The Kier molecular flexibility index (Phi) is 5.03. The van der Waals surface area contributed by atoms with Crippen molar-refractivity contribution in [3.63, 3.8) is 0 Å². The van der Waals surface area contributed by atoms with Crippen LogP contribution in [-0.4, -0.2) is 33.7 Å². The van der Waals surface area contributed by atoms with E-state index >= 15 is 0 Å². The Balaban J connectivity index is 1.99. The molecule has 2 rings (SSSR count). The number of aryl methyl sites for hydroxylation is 2. The van der Waals surface area contributed by atoms with Crippen molar-refractivity contribution in [2.45, 2.75) is 25.5 Å². The number of amides is 3. The maximum atomic E-state index is 12.1. The van der Waals surface area contributed by atoms with Crippen molar-refractivity contribution in [3.8, 4) is 0 Å². The quantitative estimate of drug-likeness (QED) is 0.848. The topological polar surface area (TPSA) is 66.5 Å². The molecule has 0 unspecified atom stereocenters. The van der Waals surface area contributed by atoms with Gasteiger partial charge in [0.15, 0.2) is 0 Å². The average Bonchev–Trinajstić information content (AvgIpc) is 2.70. The zero-order valence-corrected chi connectivity index (χ0v) is 13.4. The summed E-state index contributed by atoms with van der Waals surface area (Å²) in [5, 5.41) is 1.81. The molecule has 1 fully saturated rings. The molecule has 0 aromatic heterocycles. The van der Waals surface area contributed by atoms with Gasteiger partial charge in [-0.3, -0.25) is 19.3 Å². The van der Waals surface area contributed by atoms with E-state index in [-0.39, 0.29) is 30.0 Å². The van der Waals surface area contributed by atoms with Gasteiger partial charge in [-0.15, -0.1) is 6.58 Å². The molecule has 0 radical (unpaired) electrons. The molecule has 1 aliphatic heterocycles. The second kappa shape index (κ2) is 6.79. The van der Waals surface area contributed by atoms with Gasteiger partial charge < -0.3 is 5.32 Å². The van der Waals surface area contributed by atoms with E-state index in [2.05, 4.69) is 11.9 Å². The van der Waals surface area contributed by atoms with Gasteiger partial charge in [-0.25, -0.2) is 0 Å². The number of hydrogen-bond donors (Lipinski definition) is 1. The Labute approximate surface area is 133 Å². The van der Waals surface area contributed by atoms with Gasteiger partial charge in [0.2, 0.25) is 11.8 Å². The molecule has 22 heavy (non-hydrogen) atoms. The molecule has 0 spiro atoms. The first kappa shape index (κ1) is 16.3.